The predicted octanol–water partition coefficient (Wildman–Crippen LogP) is 1.90. The van der Waals surface area contributed by atoms with Crippen LogP contribution in [0.3, 0.4) is 0 Å². The maximum atomic E-state index is 12.6. The molecule has 0 unspecified atom stereocenters. The molecule has 5 nitrogen and oxygen atoms in total. The first kappa shape index (κ1) is 14.5. The fourth-order valence-corrected chi connectivity index (χ4v) is 2.58. The van der Waals surface area contributed by atoms with Crippen LogP contribution in [0.2, 0.25) is 0 Å². The van der Waals surface area contributed by atoms with Crippen LogP contribution in [0.1, 0.15) is 16.1 Å². The van der Waals surface area contributed by atoms with Crippen LogP contribution in [-0.4, -0.2) is 28.8 Å². The molecule has 22 heavy (non-hydrogen) atoms. The van der Waals surface area contributed by atoms with Crippen LogP contribution in [0.15, 0.2) is 48.4 Å². The Kier molecular flexibility index (Phi) is 4.02. The van der Waals surface area contributed by atoms with Gasteiger partial charge in [-0.25, -0.2) is 4.39 Å². The van der Waals surface area contributed by atoms with E-state index in [1.165, 1.54) is 0 Å². The highest BCUT2D eigenvalue weighted by Gasteiger charge is 2.28. The lowest BCUT2D eigenvalue weighted by Gasteiger charge is -2.26. The van der Waals surface area contributed by atoms with Crippen molar-refractivity contribution in [2.24, 2.45) is 5.73 Å². The lowest BCUT2D eigenvalue weighted by molar-refractivity contribution is 0.0980. The SMILES string of the molecule is NC/C(=C\F)Cn1cc2c(n1)CCN(c1ccccc1)C2=O. The number of fused-ring (bicyclic) bond motifs is 1. The molecule has 1 aromatic carbocycles. The second-order valence-electron chi connectivity index (χ2n) is 5.20. The summed E-state index contributed by atoms with van der Waals surface area (Å²) in [6, 6.07) is 9.54. The number of hydrogen-bond acceptors (Lipinski definition) is 3. The van der Waals surface area contributed by atoms with Crippen molar-refractivity contribution in [3.8, 4) is 0 Å². The summed E-state index contributed by atoms with van der Waals surface area (Å²) >= 11 is 0. The monoisotopic (exact) mass is 300 g/mol. The smallest absolute Gasteiger partial charge is 0.261 e. The molecule has 2 heterocycles. The van der Waals surface area contributed by atoms with Crippen molar-refractivity contribution in [2.45, 2.75) is 13.0 Å². The lowest BCUT2D eigenvalue weighted by Crippen LogP contribution is -2.37. The fraction of sp³-hybridized carbons (Fsp3) is 0.250. The molecule has 3 rings (SSSR count). The quantitative estimate of drug-likeness (QED) is 0.938. The van der Waals surface area contributed by atoms with E-state index < -0.39 is 0 Å². The minimum absolute atomic E-state index is 0.0720. The number of nitrogens with two attached hydrogens (primary N) is 1. The number of anilines is 1. The number of para-hydroxylation sites is 1. The van der Waals surface area contributed by atoms with Crippen LogP contribution < -0.4 is 10.6 Å². The molecule has 0 atom stereocenters. The van der Waals surface area contributed by atoms with Gasteiger partial charge in [0.1, 0.15) is 0 Å². The number of halogens is 1. The van der Waals surface area contributed by atoms with Gasteiger partial charge in [-0.1, -0.05) is 18.2 Å². The highest BCUT2D eigenvalue weighted by molar-refractivity contribution is 6.07. The van der Waals surface area contributed by atoms with E-state index in [1.54, 1.807) is 15.8 Å². The Bertz CT molecular complexity index is 708. The number of carbonyl (C=O) groups is 1. The van der Waals surface area contributed by atoms with E-state index in [0.29, 0.717) is 30.4 Å². The molecule has 0 spiro atoms. The zero-order valence-corrected chi connectivity index (χ0v) is 12.1. The molecule has 114 valence electrons. The summed E-state index contributed by atoms with van der Waals surface area (Å²) in [7, 11) is 0. The van der Waals surface area contributed by atoms with Crippen molar-refractivity contribution >= 4 is 11.6 Å². The van der Waals surface area contributed by atoms with E-state index >= 15 is 0 Å². The molecule has 0 saturated heterocycles. The molecule has 1 aliphatic heterocycles. The summed E-state index contributed by atoms with van der Waals surface area (Å²) in [5, 5.41) is 4.37. The number of benzene rings is 1. The number of carbonyl (C=O) groups excluding carboxylic acids is 1. The summed E-state index contributed by atoms with van der Waals surface area (Å²) in [4.78, 5) is 14.4. The third-order valence-corrected chi connectivity index (χ3v) is 3.74. The van der Waals surface area contributed by atoms with Crippen LogP contribution in [0.4, 0.5) is 10.1 Å². The van der Waals surface area contributed by atoms with Gasteiger partial charge in [-0.05, 0) is 17.7 Å². The second-order valence-corrected chi connectivity index (χ2v) is 5.20. The summed E-state index contributed by atoms with van der Waals surface area (Å²) in [5.41, 5.74) is 8.10. The molecule has 1 aromatic heterocycles. The van der Waals surface area contributed by atoms with Gasteiger partial charge in [-0.2, -0.15) is 5.10 Å². The molecule has 0 saturated carbocycles. The number of rotatable bonds is 4. The molecule has 2 N–H and O–H groups in total. The largest absolute Gasteiger partial charge is 0.327 e. The van der Waals surface area contributed by atoms with Gasteiger partial charge in [0.25, 0.3) is 5.91 Å². The van der Waals surface area contributed by atoms with Crippen LogP contribution in [0, 0.1) is 0 Å². The summed E-state index contributed by atoms with van der Waals surface area (Å²) in [6.07, 6.45) is 2.85. The van der Waals surface area contributed by atoms with Gasteiger partial charge in [0.05, 0.1) is 24.1 Å². The second kappa shape index (κ2) is 6.11. The molecule has 0 fully saturated rings. The number of nitrogens with zero attached hydrogens (tertiary/aromatic N) is 3. The average molecular weight is 300 g/mol. The molecular formula is C16H17FN4O. The number of amides is 1. The van der Waals surface area contributed by atoms with Crippen LogP contribution in [0.25, 0.3) is 0 Å². The van der Waals surface area contributed by atoms with E-state index in [4.69, 9.17) is 5.73 Å². The lowest BCUT2D eigenvalue weighted by atomic mass is 10.1. The standard InChI is InChI=1S/C16H17FN4O/c17-8-12(9-18)10-20-11-14-15(19-20)6-7-21(16(14)22)13-4-2-1-3-5-13/h1-5,8,11H,6-7,9-10,18H2/b12-8+. The van der Waals surface area contributed by atoms with E-state index in [0.717, 1.165) is 11.4 Å². The third kappa shape index (κ3) is 2.65. The molecule has 6 heteroatoms. The van der Waals surface area contributed by atoms with Gasteiger partial charge in [0.2, 0.25) is 0 Å². The van der Waals surface area contributed by atoms with Gasteiger partial charge in [0, 0.05) is 31.4 Å². The Labute approximate surface area is 127 Å². The van der Waals surface area contributed by atoms with Crippen LogP contribution in [-0.2, 0) is 13.0 Å². The molecule has 0 bridgehead atoms. The summed E-state index contributed by atoms with van der Waals surface area (Å²) < 4.78 is 14.2. The van der Waals surface area contributed by atoms with E-state index in [1.807, 2.05) is 30.3 Å². The zero-order valence-electron chi connectivity index (χ0n) is 12.1. The van der Waals surface area contributed by atoms with Crippen molar-refractivity contribution in [3.63, 3.8) is 0 Å². The molecule has 1 aliphatic rings. The Morgan fingerprint density at radius 2 is 2.14 bits per heavy atom. The fourth-order valence-electron chi connectivity index (χ4n) is 2.58. The molecule has 0 aliphatic carbocycles. The first-order valence-electron chi connectivity index (χ1n) is 7.14. The number of hydrogen-bond donors (Lipinski definition) is 1. The average Bonchev–Trinajstić information content (AvgIpc) is 2.97. The van der Waals surface area contributed by atoms with Crippen LogP contribution >= 0.6 is 0 Å². The Balaban J connectivity index is 1.86. The third-order valence-electron chi connectivity index (χ3n) is 3.74. The Morgan fingerprint density at radius 1 is 1.36 bits per heavy atom. The van der Waals surface area contributed by atoms with E-state index in [2.05, 4.69) is 5.10 Å². The van der Waals surface area contributed by atoms with Crippen LogP contribution in [0.5, 0.6) is 0 Å². The van der Waals surface area contributed by atoms with Gasteiger partial charge in [-0.3, -0.25) is 9.48 Å². The highest BCUT2D eigenvalue weighted by Crippen LogP contribution is 2.23. The minimum Gasteiger partial charge on any atom is -0.327 e. The van der Waals surface area contributed by atoms with Crippen molar-refractivity contribution < 1.29 is 9.18 Å². The van der Waals surface area contributed by atoms with E-state index in [-0.39, 0.29) is 19.0 Å². The zero-order chi connectivity index (χ0) is 15.5. The topological polar surface area (TPSA) is 64.2 Å². The van der Waals surface area contributed by atoms with Crippen molar-refractivity contribution in [1.29, 1.82) is 0 Å². The Hall–Kier alpha value is -2.47. The summed E-state index contributed by atoms with van der Waals surface area (Å²) in [5.74, 6) is -0.0720. The maximum Gasteiger partial charge on any atom is 0.261 e. The van der Waals surface area contributed by atoms with E-state index in [9.17, 15) is 9.18 Å². The maximum absolute atomic E-state index is 12.6. The molecule has 1 amide bonds. The highest BCUT2D eigenvalue weighted by atomic mass is 19.1. The first-order valence-corrected chi connectivity index (χ1v) is 7.14. The van der Waals surface area contributed by atoms with Gasteiger partial charge in [-0.15, -0.1) is 0 Å². The predicted molar refractivity (Wildman–Crippen MR) is 82.3 cm³/mol. The first-order chi connectivity index (χ1) is 10.7. The Morgan fingerprint density at radius 3 is 2.82 bits per heavy atom. The van der Waals surface area contributed by atoms with Crippen molar-refractivity contribution in [3.05, 3.63) is 59.7 Å². The van der Waals surface area contributed by atoms with Gasteiger partial charge < -0.3 is 10.6 Å². The van der Waals surface area contributed by atoms with Gasteiger partial charge in [0.15, 0.2) is 0 Å². The molecular weight excluding hydrogens is 283 g/mol. The van der Waals surface area contributed by atoms with Crippen molar-refractivity contribution in [1.82, 2.24) is 9.78 Å². The van der Waals surface area contributed by atoms with Crippen molar-refractivity contribution in [2.75, 3.05) is 18.0 Å². The normalized spacial score (nSPS) is 15.1. The summed E-state index contributed by atoms with van der Waals surface area (Å²) in [6.45, 7) is 0.985. The van der Waals surface area contributed by atoms with Gasteiger partial charge >= 0.3 is 0 Å². The molecule has 2 aromatic rings. The minimum atomic E-state index is -0.0720. The molecule has 0 radical (unpaired) electrons. The number of aromatic nitrogens is 2.